The minimum Gasteiger partial charge on any atom is -0.337 e. The summed E-state index contributed by atoms with van der Waals surface area (Å²) in [4.78, 5) is 4.39. The molecule has 0 spiro atoms. The van der Waals surface area contributed by atoms with E-state index in [1.54, 1.807) is 19.3 Å². The van der Waals surface area contributed by atoms with Gasteiger partial charge in [0.2, 0.25) is 10.0 Å². The van der Waals surface area contributed by atoms with E-state index in [0.717, 1.165) is 0 Å². The van der Waals surface area contributed by atoms with Gasteiger partial charge in [-0.1, -0.05) is 0 Å². The predicted octanol–water partition coefficient (Wildman–Crippen LogP) is 1.20. The van der Waals surface area contributed by atoms with Crippen molar-refractivity contribution in [2.24, 2.45) is 7.05 Å². The molecule has 1 aliphatic rings. The van der Waals surface area contributed by atoms with E-state index in [4.69, 9.17) is 0 Å². The van der Waals surface area contributed by atoms with Crippen molar-refractivity contribution in [2.45, 2.75) is 17.9 Å². The number of nitrogens with one attached hydrogen (secondary N) is 1. The highest BCUT2D eigenvalue weighted by Gasteiger charge is 2.36. The summed E-state index contributed by atoms with van der Waals surface area (Å²) in [5, 5.41) is 3.20. The Balaban J connectivity index is 2.02. The number of aromatic nitrogens is 2. The molecule has 2 aromatic rings. The van der Waals surface area contributed by atoms with Gasteiger partial charge in [0.15, 0.2) is 0 Å². The lowest BCUT2D eigenvalue weighted by molar-refractivity contribution is 0.258. The van der Waals surface area contributed by atoms with E-state index in [-0.39, 0.29) is 10.9 Å². The highest BCUT2D eigenvalue weighted by molar-refractivity contribution is 7.89. The highest BCUT2D eigenvalue weighted by Crippen LogP contribution is 2.28. The van der Waals surface area contributed by atoms with Crippen molar-refractivity contribution in [1.82, 2.24) is 19.2 Å². The molecule has 0 aliphatic carbocycles. The molecule has 0 saturated carbocycles. The van der Waals surface area contributed by atoms with Gasteiger partial charge in [-0.3, -0.25) is 0 Å². The molecular formula is C15H19FN4O2S. The third-order valence-electron chi connectivity index (χ3n) is 4.09. The number of hydrogen-bond donors (Lipinski definition) is 1. The molecule has 0 radical (unpaired) electrons. The van der Waals surface area contributed by atoms with Crippen molar-refractivity contribution in [1.29, 1.82) is 0 Å². The van der Waals surface area contributed by atoms with E-state index in [9.17, 15) is 12.8 Å². The van der Waals surface area contributed by atoms with Crippen molar-refractivity contribution < 1.29 is 12.8 Å². The largest absolute Gasteiger partial charge is 0.337 e. The lowest BCUT2D eigenvalue weighted by Gasteiger charge is -2.34. The second-order valence-electron chi connectivity index (χ2n) is 5.64. The Hall–Kier alpha value is -1.77. The zero-order valence-corrected chi connectivity index (χ0v) is 13.8. The van der Waals surface area contributed by atoms with Crippen molar-refractivity contribution in [3.05, 3.63) is 47.8 Å². The SMILES string of the molecule is Cc1cc(S(=O)(=O)N2CCNCC2c2nccn2C)ccc1F. The zero-order valence-electron chi connectivity index (χ0n) is 13.0. The fraction of sp³-hybridized carbons (Fsp3) is 0.400. The molecule has 124 valence electrons. The minimum absolute atomic E-state index is 0.109. The molecule has 2 heterocycles. The van der Waals surface area contributed by atoms with Crippen LogP contribution in [-0.2, 0) is 17.1 Å². The van der Waals surface area contributed by atoms with Gasteiger partial charge in [0.25, 0.3) is 0 Å². The number of rotatable bonds is 3. The average molecular weight is 338 g/mol. The van der Waals surface area contributed by atoms with Gasteiger partial charge < -0.3 is 9.88 Å². The summed E-state index contributed by atoms with van der Waals surface area (Å²) < 4.78 is 42.7. The van der Waals surface area contributed by atoms with E-state index >= 15 is 0 Å². The lowest BCUT2D eigenvalue weighted by Crippen LogP contribution is -2.49. The summed E-state index contributed by atoms with van der Waals surface area (Å²) in [5.41, 5.74) is 0.315. The maximum absolute atomic E-state index is 13.5. The molecule has 1 aliphatic heterocycles. The van der Waals surface area contributed by atoms with Gasteiger partial charge in [-0.15, -0.1) is 0 Å². The van der Waals surface area contributed by atoms with Gasteiger partial charge >= 0.3 is 0 Å². The third-order valence-corrected chi connectivity index (χ3v) is 5.99. The fourth-order valence-electron chi connectivity index (χ4n) is 2.80. The van der Waals surface area contributed by atoms with Crippen LogP contribution in [-0.4, -0.2) is 41.9 Å². The van der Waals surface area contributed by atoms with Gasteiger partial charge in [-0.05, 0) is 30.7 Å². The molecule has 1 fully saturated rings. The molecule has 1 atom stereocenters. The van der Waals surface area contributed by atoms with Crippen LogP contribution in [0.5, 0.6) is 0 Å². The third kappa shape index (κ3) is 2.89. The van der Waals surface area contributed by atoms with E-state index < -0.39 is 15.8 Å². The molecule has 8 heteroatoms. The minimum atomic E-state index is -3.72. The van der Waals surface area contributed by atoms with E-state index in [1.807, 2.05) is 11.6 Å². The fourth-order valence-corrected chi connectivity index (χ4v) is 4.48. The maximum atomic E-state index is 13.5. The number of halogens is 1. The van der Waals surface area contributed by atoms with E-state index in [2.05, 4.69) is 10.3 Å². The first kappa shape index (κ1) is 16.1. The zero-order chi connectivity index (χ0) is 16.6. The second kappa shape index (κ2) is 6.03. The highest BCUT2D eigenvalue weighted by atomic mass is 32.2. The van der Waals surface area contributed by atoms with Crippen LogP contribution >= 0.6 is 0 Å². The van der Waals surface area contributed by atoms with Gasteiger partial charge in [0.1, 0.15) is 11.6 Å². The molecule has 3 rings (SSSR count). The summed E-state index contributed by atoms with van der Waals surface area (Å²) in [6, 6.07) is 3.50. The molecule has 1 unspecified atom stereocenters. The number of nitrogens with zero attached hydrogens (tertiary/aromatic N) is 3. The predicted molar refractivity (Wildman–Crippen MR) is 83.8 cm³/mol. The summed E-state index contributed by atoms with van der Waals surface area (Å²) in [5.74, 6) is 0.268. The smallest absolute Gasteiger partial charge is 0.243 e. The molecule has 1 saturated heterocycles. The van der Waals surface area contributed by atoms with Gasteiger partial charge in [0, 0.05) is 39.1 Å². The number of sulfonamides is 1. The molecule has 1 aromatic carbocycles. The van der Waals surface area contributed by atoms with Gasteiger partial charge in [-0.2, -0.15) is 4.31 Å². The van der Waals surface area contributed by atoms with Crippen LogP contribution in [0.4, 0.5) is 4.39 Å². The van der Waals surface area contributed by atoms with Crippen molar-refractivity contribution >= 4 is 10.0 Å². The van der Waals surface area contributed by atoms with E-state index in [1.165, 1.54) is 22.5 Å². The topological polar surface area (TPSA) is 67.2 Å². The lowest BCUT2D eigenvalue weighted by atomic mass is 10.2. The number of benzene rings is 1. The Labute approximate surface area is 135 Å². The molecule has 1 aromatic heterocycles. The Morgan fingerprint density at radius 2 is 2.17 bits per heavy atom. The first-order chi connectivity index (χ1) is 10.9. The Morgan fingerprint density at radius 3 is 2.83 bits per heavy atom. The number of piperazine rings is 1. The molecule has 0 amide bonds. The summed E-state index contributed by atoms with van der Waals surface area (Å²) >= 11 is 0. The standard InChI is InChI=1S/C15H19FN4O2S/c1-11-9-12(3-4-13(11)16)23(21,22)20-8-5-17-10-14(20)15-18-6-7-19(15)2/h3-4,6-7,9,14,17H,5,8,10H2,1-2H3. The number of imidazole rings is 1. The summed E-state index contributed by atoms with van der Waals surface area (Å²) in [6.07, 6.45) is 3.44. The van der Waals surface area contributed by atoms with Crippen molar-refractivity contribution in [3.8, 4) is 0 Å². The Morgan fingerprint density at radius 1 is 1.39 bits per heavy atom. The van der Waals surface area contributed by atoms with Gasteiger partial charge in [-0.25, -0.2) is 17.8 Å². The van der Waals surface area contributed by atoms with Crippen LogP contribution in [0, 0.1) is 12.7 Å². The maximum Gasteiger partial charge on any atom is 0.243 e. The first-order valence-electron chi connectivity index (χ1n) is 7.37. The monoisotopic (exact) mass is 338 g/mol. The van der Waals surface area contributed by atoms with Crippen LogP contribution in [0.3, 0.4) is 0 Å². The summed E-state index contributed by atoms with van der Waals surface area (Å²) in [7, 11) is -1.88. The van der Waals surface area contributed by atoms with Crippen LogP contribution in [0.25, 0.3) is 0 Å². The number of aryl methyl sites for hydroxylation is 2. The Bertz CT molecular complexity index is 819. The van der Waals surface area contributed by atoms with Crippen molar-refractivity contribution in [3.63, 3.8) is 0 Å². The normalized spacial score (nSPS) is 19.9. The number of hydrogen-bond acceptors (Lipinski definition) is 4. The van der Waals surface area contributed by atoms with E-state index in [0.29, 0.717) is 31.0 Å². The van der Waals surface area contributed by atoms with Crippen molar-refractivity contribution in [2.75, 3.05) is 19.6 Å². The van der Waals surface area contributed by atoms with Crippen LogP contribution in [0.1, 0.15) is 17.4 Å². The van der Waals surface area contributed by atoms with Crippen LogP contribution in [0.15, 0.2) is 35.5 Å². The summed E-state index contributed by atoms with van der Waals surface area (Å²) in [6.45, 7) is 2.96. The molecule has 23 heavy (non-hydrogen) atoms. The molecule has 6 nitrogen and oxygen atoms in total. The average Bonchev–Trinajstić information content (AvgIpc) is 2.96. The molecular weight excluding hydrogens is 319 g/mol. The van der Waals surface area contributed by atoms with Crippen LogP contribution in [0.2, 0.25) is 0 Å². The Kier molecular flexibility index (Phi) is 4.22. The molecule has 0 bridgehead atoms. The molecule has 1 N–H and O–H groups in total. The second-order valence-corrected chi connectivity index (χ2v) is 7.53. The first-order valence-corrected chi connectivity index (χ1v) is 8.81. The van der Waals surface area contributed by atoms with Crippen LogP contribution < -0.4 is 5.32 Å². The van der Waals surface area contributed by atoms with Gasteiger partial charge in [0.05, 0.1) is 10.9 Å². The quantitative estimate of drug-likeness (QED) is 0.913.